The smallest absolute Gasteiger partial charge is 0.255 e. The lowest BCUT2D eigenvalue weighted by atomic mass is 9.90. The van der Waals surface area contributed by atoms with Gasteiger partial charge in [0.15, 0.2) is 0 Å². The highest BCUT2D eigenvalue weighted by molar-refractivity contribution is 5.94. The zero-order valence-electron chi connectivity index (χ0n) is 14.4. The first kappa shape index (κ1) is 17.1. The van der Waals surface area contributed by atoms with Crippen molar-refractivity contribution in [2.75, 3.05) is 13.1 Å². The van der Waals surface area contributed by atoms with Crippen molar-refractivity contribution in [1.29, 1.82) is 0 Å². The highest BCUT2D eigenvalue weighted by Crippen LogP contribution is 2.21. The third-order valence-electron chi connectivity index (χ3n) is 4.72. The van der Waals surface area contributed by atoms with Gasteiger partial charge in [0.25, 0.3) is 5.91 Å². The van der Waals surface area contributed by atoms with Crippen LogP contribution < -0.4 is 5.56 Å². The number of Topliss-reactive ketones (excluding diaryl/α,β-unsaturated/α-hetero) is 1. The summed E-state index contributed by atoms with van der Waals surface area (Å²) < 4.78 is 1.40. The Hall–Kier alpha value is -2.69. The summed E-state index contributed by atoms with van der Waals surface area (Å²) in [4.78, 5) is 38.5. The number of aryl methyl sites for hydroxylation is 1. The van der Waals surface area contributed by atoms with Gasteiger partial charge < -0.3 is 9.47 Å². The first-order chi connectivity index (χ1) is 12.0. The zero-order chi connectivity index (χ0) is 17.8. The van der Waals surface area contributed by atoms with Crippen LogP contribution in [0, 0.1) is 5.92 Å². The van der Waals surface area contributed by atoms with Crippen LogP contribution in [0.25, 0.3) is 0 Å². The third-order valence-corrected chi connectivity index (χ3v) is 4.72. The number of ketones is 1. The van der Waals surface area contributed by atoms with Crippen molar-refractivity contribution >= 4 is 11.7 Å². The van der Waals surface area contributed by atoms with Gasteiger partial charge in [-0.2, -0.15) is 0 Å². The molecule has 0 spiro atoms. The van der Waals surface area contributed by atoms with E-state index in [1.54, 1.807) is 24.2 Å². The maximum atomic E-state index is 12.7. The average molecular weight is 338 g/mol. The molecule has 1 fully saturated rings. The average Bonchev–Trinajstić information content (AvgIpc) is 2.64. The highest BCUT2D eigenvalue weighted by atomic mass is 16.2. The number of hydrogen-bond donors (Lipinski definition) is 0. The molecule has 1 aliphatic heterocycles. The summed E-state index contributed by atoms with van der Waals surface area (Å²) in [6, 6.07) is 12.7. The van der Waals surface area contributed by atoms with Gasteiger partial charge in [0.1, 0.15) is 5.78 Å². The van der Waals surface area contributed by atoms with E-state index in [0.717, 1.165) is 18.4 Å². The third kappa shape index (κ3) is 4.05. The number of hydrogen-bond acceptors (Lipinski definition) is 3. The lowest BCUT2D eigenvalue weighted by Gasteiger charge is -2.32. The molecule has 0 radical (unpaired) electrons. The Morgan fingerprint density at radius 3 is 2.60 bits per heavy atom. The monoisotopic (exact) mass is 338 g/mol. The Bertz CT molecular complexity index is 826. The molecule has 1 atom stereocenters. The fourth-order valence-electron chi connectivity index (χ4n) is 3.27. The minimum atomic E-state index is -0.147. The van der Waals surface area contributed by atoms with Crippen molar-refractivity contribution in [3.63, 3.8) is 0 Å². The highest BCUT2D eigenvalue weighted by Gasteiger charge is 2.28. The molecule has 1 amide bonds. The Morgan fingerprint density at radius 1 is 1.12 bits per heavy atom. The Balaban J connectivity index is 1.68. The Morgan fingerprint density at radius 2 is 1.88 bits per heavy atom. The predicted molar refractivity (Wildman–Crippen MR) is 95.5 cm³/mol. The van der Waals surface area contributed by atoms with Crippen molar-refractivity contribution in [2.24, 2.45) is 13.0 Å². The van der Waals surface area contributed by atoms with Gasteiger partial charge in [-0.3, -0.25) is 14.4 Å². The second kappa shape index (κ2) is 7.47. The van der Waals surface area contributed by atoms with E-state index in [9.17, 15) is 14.4 Å². The molecule has 0 saturated carbocycles. The van der Waals surface area contributed by atoms with Crippen LogP contribution in [0.3, 0.4) is 0 Å². The molecule has 2 aromatic rings. The van der Waals surface area contributed by atoms with E-state index < -0.39 is 0 Å². The molecule has 0 bridgehead atoms. The van der Waals surface area contributed by atoms with E-state index in [1.807, 2.05) is 30.3 Å². The van der Waals surface area contributed by atoms with Crippen LogP contribution in [-0.4, -0.2) is 34.2 Å². The number of likely N-dealkylation sites (tertiary alicyclic amines) is 1. The van der Waals surface area contributed by atoms with Crippen LogP contribution >= 0.6 is 0 Å². The van der Waals surface area contributed by atoms with Crippen LogP contribution in [0.1, 0.15) is 28.8 Å². The molecule has 1 aromatic carbocycles. The number of rotatable bonds is 4. The molecule has 5 nitrogen and oxygen atoms in total. The van der Waals surface area contributed by atoms with E-state index in [-0.39, 0.29) is 23.2 Å². The molecule has 2 heterocycles. The Kier molecular flexibility index (Phi) is 5.12. The minimum Gasteiger partial charge on any atom is -0.338 e. The van der Waals surface area contributed by atoms with Gasteiger partial charge in [-0.15, -0.1) is 0 Å². The topological polar surface area (TPSA) is 59.4 Å². The molecule has 130 valence electrons. The number of aromatic nitrogens is 1. The SMILES string of the molecule is Cn1cc(C(=O)N2CCCC(C(=O)Cc3ccccc3)C2)ccc1=O. The maximum Gasteiger partial charge on any atom is 0.255 e. The fourth-order valence-corrected chi connectivity index (χ4v) is 3.27. The van der Waals surface area contributed by atoms with Crippen molar-refractivity contribution < 1.29 is 9.59 Å². The number of carbonyl (C=O) groups excluding carboxylic acids is 2. The summed E-state index contributed by atoms with van der Waals surface area (Å²) in [5.74, 6) is -0.0533. The van der Waals surface area contributed by atoms with E-state index in [2.05, 4.69) is 0 Å². The standard InChI is InChI=1S/C20H22N2O3/c1-21-13-17(9-10-19(21)24)20(25)22-11-5-8-16(14-22)18(23)12-15-6-3-2-4-7-15/h2-4,6-7,9-10,13,16H,5,8,11-12,14H2,1H3. The summed E-state index contributed by atoms with van der Waals surface area (Å²) in [5, 5.41) is 0. The van der Waals surface area contributed by atoms with Gasteiger partial charge in [0, 0.05) is 44.7 Å². The summed E-state index contributed by atoms with van der Waals surface area (Å²) in [6.45, 7) is 1.10. The molecule has 1 aliphatic rings. The van der Waals surface area contributed by atoms with Crippen LogP contribution in [-0.2, 0) is 18.3 Å². The number of piperidine rings is 1. The van der Waals surface area contributed by atoms with E-state index in [4.69, 9.17) is 0 Å². The van der Waals surface area contributed by atoms with Crippen LogP contribution in [0.5, 0.6) is 0 Å². The van der Waals surface area contributed by atoms with E-state index in [0.29, 0.717) is 25.1 Å². The summed E-state index contributed by atoms with van der Waals surface area (Å²) in [7, 11) is 1.63. The van der Waals surface area contributed by atoms with Gasteiger partial charge in [-0.1, -0.05) is 30.3 Å². The number of pyridine rings is 1. The molecular formula is C20H22N2O3. The normalized spacial score (nSPS) is 17.3. The second-order valence-corrected chi connectivity index (χ2v) is 6.59. The van der Waals surface area contributed by atoms with Crippen LogP contribution in [0.4, 0.5) is 0 Å². The molecule has 1 aromatic heterocycles. The summed E-state index contributed by atoms with van der Waals surface area (Å²) in [6.07, 6.45) is 3.61. The maximum absolute atomic E-state index is 12.7. The molecule has 0 N–H and O–H groups in total. The largest absolute Gasteiger partial charge is 0.338 e. The van der Waals surface area contributed by atoms with Gasteiger partial charge in [-0.25, -0.2) is 0 Å². The van der Waals surface area contributed by atoms with Gasteiger partial charge in [0.2, 0.25) is 5.56 Å². The number of carbonyl (C=O) groups is 2. The van der Waals surface area contributed by atoms with Crippen molar-refractivity contribution in [3.8, 4) is 0 Å². The summed E-state index contributed by atoms with van der Waals surface area (Å²) >= 11 is 0. The lowest BCUT2D eigenvalue weighted by Crippen LogP contribution is -2.43. The molecular weight excluding hydrogens is 316 g/mol. The fraction of sp³-hybridized carbons (Fsp3) is 0.350. The van der Waals surface area contributed by atoms with Crippen molar-refractivity contribution in [2.45, 2.75) is 19.3 Å². The first-order valence-corrected chi connectivity index (χ1v) is 8.57. The van der Waals surface area contributed by atoms with Crippen LogP contribution in [0.15, 0.2) is 53.5 Å². The molecule has 25 heavy (non-hydrogen) atoms. The van der Waals surface area contributed by atoms with Gasteiger partial charge in [0.05, 0.1) is 5.56 Å². The first-order valence-electron chi connectivity index (χ1n) is 8.57. The molecule has 5 heteroatoms. The molecule has 1 unspecified atom stereocenters. The van der Waals surface area contributed by atoms with Crippen molar-refractivity contribution in [1.82, 2.24) is 9.47 Å². The van der Waals surface area contributed by atoms with Gasteiger partial charge >= 0.3 is 0 Å². The number of benzene rings is 1. The van der Waals surface area contributed by atoms with Crippen molar-refractivity contribution in [3.05, 3.63) is 70.1 Å². The zero-order valence-corrected chi connectivity index (χ0v) is 14.4. The number of amides is 1. The number of nitrogens with zero attached hydrogens (tertiary/aromatic N) is 2. The molecule has 3 rings (SSSR count). The van der Waals surface area contributed by atoms with E-state index >= 15 is 0 Å². The second-order valence-electron chi connectivity index (χ2n) is 6.59. The predicted octanol–water partition coefficient (Wildman–Crippen LogP) is 2.05. The molecule has 0 aliphatic carbocycles. The lowest BCUT2D eigenvalue weighted by molar-refractivity contribution is -0.123. The Labute approximate surface area is 146 Å². The minimum absolute atomic E-state index is 0.118. The summed E-state index contributed by atoms with van der Waals surface area (Å²) in [5.41, 5.74) is 1.35. The quantitative estimate of drug-likeness (QED) is 0.857. The van der Waals surface area contributed by atoms with Crippen LogP contribution in [0.2, 0.25) is 0 Å². The van der Waals surface area contributed by atoms with E-state index in [1.165, 1.54) is 10.6 Å². The molecule has 1 saturated heterocycles. The van der Waals surface area contributed by atoms with Gasteiger partial charge in [-0.05, 0) is 24.5 Å².